The summed E-state index contributed by atoms with van der Waals surface area (Å²) in [7, 11) is 2.97. The topological polar surface area (TPSA) is 53.3 Å². The predicted octanol–water partition coefficient (Wildman–Crippen LogP) is 1.30. The molecule has 0 aromatic heterocycles. The van der Waals surface area contributed by atoms with Gasteiger partial charge in [-0.15, -0.1) is 0 Å². The zero-order valence-electron chi connectivity index (χ0n) is 9.74. The van der Waals surface area contributed by atoms with E-state index in [0.29, 0.717) is 11.1 Å². The number of hydrogen-bond acceptors (Lipinski definition) is 4. The molecule has 4 nitrogen and oxygen atoms in total. The molecule has 0 unspecified atom stereocenters. The Bertz CT molecular complexity index is 454. The molecule has 1 aromatic rings. The first-order valence-corrected chi connectivity index (χ1v) is 5.00. The van der Waals surface area contributed by atoms with Crippen LogP contribution in [0.4, 0.5) is 4.39 Å². The Labute approximate surface area is 99.2 Å². The monoisotopic (exact) mass is 236 g/mol. The molecule has 0 atom stereocenters. The summed E-state index contributed by atoms with van der Waals surface area (Å²) in [6.45, 7) is 0.323. The third-order valence-electron chi connectivity index (χ3n) is 2.24. The molecule has 0 heterocycles. The van der Waals surface area contributed by atoms with E-state index in [2.05, 4.69) is 4.74 Å². The summed E-state index contributed by atoms with van der Waals surface area (Å²) in [6, 6.07) is 6.08. The normalized spacial score (nSPS) is 10.1. The molecule has 0 bridgehead atoms. The van der Waals surface area contributed by atoms with Gasteiger partial charge in [0, 0.05) is 12.1 Å². The minimum absolute atomic E-state index is 0.0761. The van der Waals surface area contributed by atoms with E-state index in [0.717, 1.165) is 0 Å². The summed E-state index contributed by atoms with van der Waals surface area (Å²) in [4.78, 5) is 12.6. The van der Waals surface area contributed by atoms with Crippen molar-refractivity contribution in [2.45, 2.75) is 6.54 Å². The second-order valence-electron chi connectivity index (χ2n) is 3.67. The first-order chi connectivity index (χ1) is 8.06. The van der Waals surface area contributed by atoms with Crippen molar-refractivity contribution in [2.75, 3.05) is 20.7 Å². The van der Waals surface area contributed by atoms with Crippen molar-refractivity contribution in [3.63, 3.8) is 0 Å². The van der Waals surface area contributed by atoms with Gasteiger partial charge in [0.2, 0.25) is 0 Å². The number of methoxy groups -OCH3 is 1. The van der Waals surface area contributed by atoms with Crippen LogP contribution < -0.4 is 0 Å². The van der Waals surface area contributed by atoms with Crippen molar-refractivity contribution in [3.8, 4) is 6.07 Å². The molecule has 0 saturated carbocycles. The van der Waals surface area contributed by atoms with Gasteiger partial charge in [-0.3, -0.25) is 9.69 Å². The number of nitriles is 1. The molecule has 0 aliphatic heterocycles. The van der Waals surface area contributed by atoms with Gasteiger partial charge in [0.1, 0.15) is 5.82 Å². The van der Waals surface area contributed by atoms with E-state index in [1.165, 1.54) is 25.3 Å². The highest BCUT2D eigenvalue weighted by molar-refractivity contribution is 5.71. The number of carbonyl (C=O) groups excluding carboxylic acids is 1. The minimum Gasteiger partial charge on any atom is -0.468 e. The van der Waals surface area contributed by atoms with Crippen LogP contribution in [0.25, 0.3) is 0 Å². The molecule has 0 spiro atoms. The van der Waals surface area contributed by atoms with Gasteiger partial charge in [-0.1, -0.05) is 0 Å². The lowest BCUT2D eigenvalue weighted by atomic mass is 10.1. The fourth-order valence-electron chi connectivity index (χ4n) is 1.40. The average Bonchev–Trinajstić information content (AvgIpc) is 2.31. The van der Waals surface area contributed by atoms with Crippen molar-refractivity contribution in [1.29, 1.82) is 5.26 Å². The molecular formula is C12H13FN2O2. The van der Waals surface area contributed by atoms with Crippen LogP contribution in [0.2, 0.25) is 0 Å². The number of esters is 1. The number of hydrogen-bond donors (Lipinski definition) is 0. The number of ether oxygens (including phenoxy) is 1. The number of likely N-dealkylation sites (N-methyl/N-ethyl adjacent to an activating group) is 1. The highest BCUT2D eigenvalue weighted by Crippen LogP contribution is 2.12. The lowest BCUT2D eigenvalue weighted by molar-refractivity contribution is -0.141. The summed E-state index contributed by atoms with van der Waals surface area (Å²) >= 11 is 0. The Morgan fingerprint density at radius 3 is 2.88 bits per heavy atom. The predicted molar refractivity (Wildman–Crippen MR) is 59.5 cm³/mol. The molecular weight excluding hydrogens is 223 g/mol. The zero-order valence-corrected chi connectivity index (χ0v) is 9.74. The summed E-state index contributed by atoms with van der Waals surface area (Å²) in [5.41, 5.74) is 0.781. The molecule has 0 fully saturated rings. The Morgan fingerprint density at radius 2 is 2.29 bits per heavy atom. The minimum atomic E-state index is -0.388. The molecule has 0 amide bonds. The maximum atomic E-state index is 13.4. The van der Waals surface area contributed by atoms with E-state index in [4.69, 9.17) is 5.26 Å². The van der Waals surface area contributed by atoms with Gasteiger partial charge < -0.3 is 4.74 Å². The van der Waals surface area contributed by atoms with E-state index in [1.807, 2.05) is 6.07 Å². The zero-order chi connectivity index (χ0) is 12.8. The summed E-state index contributed by atoms with van der Waals surface area (Å²) in [5.74, 6) is -0.773. The Kier molecular flexibility index (Phi) is 4.61. The molecule has 90 valence electrons. The highest BCUT2D eigenvalue weighted by Gasteiger charge is 2.10. The van der Waals surface area contributed by atoms with E-state index in [1.54, 1.807) is 11.9 Å². The Morgan fingerprint density at radius 1 is 1.59 bits per heavy atom. The first-order valence-electron chi connectivity index (χ1n) is 5.00. The summed E-state index contributed by atoms with van der Waals surface area (Å²) in [5, 5.41) is 8.71. The summed E-state index contributed by atoms with van der Waals surface area (Å²) in [6.07, 6.45) is 0. The maximum absolute atomic E-state index is 13.4. The fourth-order valence-corrected chi connectivity index (χ4v) is 1.40. The van der Waals surface area contributed by atoms with Crippen molar-refractivity contribution >= 4 is 5.97 Å². The number of carbonyl (C=O) groups is 1. The van der Waals surface area contributed by atoms with Gasteiger partial charge in [0.15, 0.2) is 0 Å². The van der Waals surface area contributed by atoms with Gasteiger partial charge in [0.25, 0.3) is 0 Å². The van der Waals surface area contributed by atoms with E-state index in [9.17, 15) is 9.18 Å². The van der Waals surface area contributed by atoms with Crippen LogP contribution in [0.15, 0.2) is 18.2 Å². The lowest BCUT2D eigenvalue weighted by Crippen LogP contribution is -2.26. The highest BCUT2D eigenvalue weighted by atomic mass is 19.1. The molecule has 0 saturated heterocycles. The summed E-state index contributed by atoms with van der Waals surface area (Å²) < 4.78 is 17.9. The standard InChI is InChI=1S/C12H13FN2O2/c1-15(8-12(16)17-2)7-10-5-9(6-14)3-4-11(10)13/h3-5H,7-8H2,1-2H3. The molecule has 1 rings (SSSR count). The van der Waals surface area contributed by atoms with Crippen LogP contribution in [0.5, 0.6) is 0 Å². The smallest absolute Gasteiger partial charge is 0.319 e. The van der Waals surface area contributed by atoms with E-state index >= 15 is 0 Å². The number of halogens is 1. The van der Waals surface area contributed by atoms with Gasteiger partial charge in [-0.25, -0.2) is 4.39 Å². The van der Waals surface area contributed by atoms with Gasteiger partial charge in [0.05, 0.1) is 25.3 Å². The average molecular weight is 236 g/mol. The molecule has 0 N–H and O–H groups in total. The molecule has 17 heavy (non-hydrogen) atoms. The van der Waals surface area contributed by atoms with Crippen molar-refractivity contribution in [2.24, 2.45) is 0 Å². The molecule has 0 aliphatic rings. The SMILES string of the molecule is COC(=O)CN(C)Cc1cc(C#N)ccc1F. The fraction of sp³-hybridized carbons (Fsp3) is 0.333. The quantitative estimate of drug-likeness (QED) is 0.739. The van der Waals surface area contributed by atoms with Gasteiger partial charge >= 0.3 is 5.97 Å². The van der Waals surface area contributed by atoms with Crippen LogP contribution in [0, 0.1) is 17.1 Å². The number of rotatable bonds is 4. The van der Waals surface area contributed by atoms with Gasteiger partial charge in [-0.2, -0.15) is 5.26 Å². The number of nitrogens with zero attached hydrogens (tertiary/aromatic N) is 2. The molecule has 1 aromatic carbocycles. The third-order valence-corrected chi connectivity index (χ3v) is 2.24. The number of benzene rings is 1. The Hall–Kier alpha value is -1.93. The van der Waals surface area contributed by atoms with E-state index in [-0.39, 0.29) is 24.9 Å². The van der Waals surface area contributed by atoms with Crippen LogP contribution in [-0.2, 0) is 16.1 Å². The van der Waals surface area contributed by atoms with Crippen LogP contribution in [-0.4, -0.2) is 31.6 Å². The molecule has 0 radical (unpaired) electrons. The largest absolute Gasteiger partial charge is 0.468 e. The van der Waals surface area contributed by atoms with E-state index < -0.39 is 0 Å². The molecule has 5 heteroatoms. The third kappa shape index (κ3) is 3.85. The van der Waals surface area contributed by atoms with Gasteiger partial charge in [-0.05, 0) is 25.2 Å². The second kappa shape index (κ2) is 5.97. The maximum Gasteiger partial charge on any atom is 0.319 e. The van der Waals surface area contributed by atoms with Crippen molar-refractivity contribution in [1.82, 2.24) is 4.90 Å². The van der Waals surface area contributed by atoms with Crippen molar-refractivity contribution in [3.05, 3.63) is 35.1 Å². The second-order valence-corrected chi connectivity index (χ2v) is 3.67. The molecule has 0 aliphatic carbocycles. The van der Waals surface area contributed by atoms with Crippen LogP contribution in [0.3, 0.4) is 0 Å². The van der Waals surface area contributed by atoms with Crippen molar-refractivity contribution < 1.29 is 13.9 Å². The van der Waals surface area contributed by atoms with Crippen LogP contribution >= 0.6 is 0 Å². The Balaban J connectivity index is 2.74. The first kappa shape index (κ1) is 13.1. The lowest BCUT2D eigenvalue weighted by Gasteiger charge is -2.15. The van der Waals surface area contributed by atoms with Crippen LogP contribution in [0.1, 0.15) is 11.1 Å².